The number of esters is 1. The van der Waals surface area contributed by atoms with E-state index < -0.39 is 0 Å². The quantitative estimate of drug-likeness (QED) is 0.514. The van der Waals surface area contributed by atoms with Crippen molar-refractivity contribution in [1.29, 1.82) is 0 Å². The van der Waals surface area contributed by atoms with Gasteiger partial charge in [0.15, 0.2) is 0 Å². The third-order valence-electron chi connectivity index (χ3n) is 2.24. The average molecular weight is 286 g/mol. The highest BCUT2D eigenvalue weighted by Crippen LogP contribution is 2.20. The normalized spacial score (nSPS) is 10.1. The largest absolute Gasteiger partial charge is 0.462 e. The van der Waals surface area contributed by atoms with Crippen LogP contribution < -0.4 is 5.73 Å². The number of anilines is 1. The molecule has 0 spiro atoms. The molecule has 0 aliphatic rings. The highest BCUT2D eigenvalue weighted by molar-refractivity contribution is 9.09. The number of nitrogens with two attached hydrogens (primary N) is 1. The van der Waals surface area contributed by atoms with Crippen LogP contribution in [0.4, 0.5) is 5.69 Å². The van der Waals surface area contributed by atoms with Crippen LogP contribution in [0.2, 0.25) is 0 Å². The molecule has 3 nitrogen and oxygen atoms in total. The van der Waals surface area contributed by atoms with Crippen molar-refractivity contribution in [3.8, 4) is 0 Å². The zero-order chi connectivity index (χ0) is 12.0. The lowest BCUT2D eigenvalue weighted by Crippen LogP contribution is -2.11. The smallest absolute Gasteiger partial charge is 0.340 e. The van der Waals surface area contributed by atoms with Gasteiger partial charge in [-0.3, -0.25) is 0 Å². The van der Waals surface area contributed by atoms with Gasteiger partial charge in [0.1, 0.15) is 0 Å². The summed E-state index contributed by atoms with van der Waals surface area (Å²) in [4.78, 5) is 11.7. The molecule has 0 fully saturated rings. The molecule has 0 radical (unpaired) electrons. The van der Waals surface area contributed by atoms with Crippen molar-refractivity contribution >= 4 is 27.6 Å². The molecule has 88 valence electrons. The van der Waals surface area contributed by atoms with Gasteiger partial charge >= 0.3 is 5.97 Å². The van der Waals surface area contributed by atoms with Crippen molar-refractivity contribution in [3.63, 3.8) is 0 Å². The van der Waals surface area contributed by atoms with E-state index in [0.717, 1.165) is 23.7 Å². The van der Waals surface area contributed by atoms with Crippen molar-refractivity contribution in [2.24, 2.45) is 0 Å². The summed E-state index contributed by atoms with van der Waals surface area (Å²) in [6.45, 7) is 2.15. The fraction of sp³-hybridized carbons (Fsp3) is 0.417. The van der Waals surface area contributed by atoms with Crippen LogP contribution in [0.5, 0.6) is 0 Å². The van der Waals surface area contributed by atoms with E-state index >= 15 is 0 Å². The second kappa shape index (κ2) is 6.53. The van der Waals surface area contributed by atoms with Gasteiger partial charge in [-0.05, 0) is 31.4 Å². The summed E-state index contributed by atoms with van der Waals surface area (Å²) >= 11 is 3.37. The van der Waals surface area contributed by atoms with Crippen LogP contribution in [0.25, 0.3) is 0 Å². The number of hydrogen-bond acceptors (Lipinski definition) is 3. The molecule has 0 saturated heterocycles. The predicted octanol–water partition coefficient (Wildman–Crippen LogP) is 2.77. The van der Waals surface area contributed by atoms with E-state index in [-0.39, 0.29) is 5.97 Å². The molecule has 0 heterocycles. The zero-order valence-corrected chi connectivity index (χ0v) is 10.9. The van der Waals surface area contributed by atoms with Gasteiger partial charge in [0, 0.05) is 11.0 Å². The third-order valence-corrected chi connectivity index (χ3v) is 2.80. The number of carbonyl (C=O) groups excluding carboxylic acids is 1. The molecule has 0 aliphatic heterocycles. The Morgan fingerprint density at radius 3 is 2.88 bits per heavy atom. The van der Waals surface area contributed by atoms with Gasteiger partial charge in [-0.25, -0.2) is 4.79 Å². The van der Waals surface area contributed by atoms with Crippen molar-refractivity contribution in [1.82, 2.24) is 0 Å². The Kier molecular flexibility index (Phi) is 5.32. The molecule has 0 unspecified atom stereocenters. The highest BCUT2D eigenvalue weighted by atomic mass is 79.9. The van der Waals surface area contributed by atoms with Crippen LogP contribution in [0.15, 0.2) is 18.2 Å². The summed E-state index contributed by atoms with van der Waals surface area (Å²) in [6, 6.07) is 5.51. The zero-order valence-electron chi connectivity index (χ0n) is 9.33. The number of carbonyl (C=O) groups is 1. The molecule has 0 saturated carbocycles. The van der Waals surface area contributed by atoms with Gasteiger partial charge in [0.2, 0.25) is 0 Å². The number of rotatable bonds is 5. The molecule has 1 aromatic carbocycles. The Bertz CT molecular complexity index is 366. The number of aryl methyl sites for hydroxylation is 1. The number of halogens is 1. The van der Waals surface area contributed by atoms with E-state index in [1.807, 2.05) is 12.1 Å². The maximum absolute atomic E-state index is 11.7. The Hall–Kier alpha value is -1.03. The first-order valence-electron chi connectivity index (χ1n) is 5.31. The number of nitrogen functional groups attached to an aromatic ring is 1. The van der Waals surface area contributed by atoms with E-state index in [1.54, 1.807) is 13.0 Å². The molecule has 4 heteroatoms. The van der Waals surface area contributed by atoms with E-state index in [2.05, 4.69) is 15.9 Å². The first-order chi connectivity index (χ1) is 7.70. The van der Waals surface area contributed by atoms with Gasteiger partial charge in [-0.1, -0.05) is 28.1 Å². The highest BCUT2D eigenvalue weighted by Gasteiger charge is 2.15. The van der Waals surface area contributed by atoms with Gasteiger partial charge in [-0.2, -0.15) is 0 Å². The fourth-order valence-electron chi connectivity index (χ4n) is 1.54. The first-order valence-corrected chi connectivity index (χ1v) is 6.43. The van der Waals surface area contributed by atoms with Gasteiger partial charge in [-0.15, -0.1) is 0 Å². The molecule has 1 aromatic rings. The summed E-state index contributed by atoms with van der Waals surface area (Å²) in [7, 11) is 0. The number of alkyl halides is 1. The summed E-state index contributed by atoms with van der Waals surface area (Å²) in [6.07, 6.45) is 1.79. The number of hydrogen-bond donors (Lipinski definition) is 1. The van der Waals surface area contributed by atoms with Crippen molar-refractivity contribution in [2.45, 2.75) is 19.8 Å². The Morgan fingerprint density at radius 1 is 1.50 bits per heavy atom. The number of ether oxygens (including phenoxy) is 1. The van der Waals surface area contributed by atoms with Crippen LogP contribution in [-0.4, -0.2) is 17.9 Å². The number of benzene rings is 1. The summed E-state index contributed by atoms with van der Waals surface area (Å²) in [5.74, 6) is -0.329. The molecule has 0 atom stereocenters. The maximum Gasteiger partial charge on any atom is 0.340 e. The lowest BCUT2D eigenvalue weighted by Gasteiger charge is -2.10. The average Bonchev–Trinajstić information content (AvgIpc) is 2.26. The minimum absolute atomic E-state index is 0.329. The van der Waals surface area contributed by atoms with Crippen LogP contribution in [0.1, 0.15) is 29.3 Å². The molecule has 0 aliphatic carbocycles. The van der Waals surface area contributed by atoms with Crippen LogP contribution in [-0.2, 0) is 11.2 Å². The standard InChI is InChI=1S/C12H16BrNO2/c1-2-16-12(15)11-9(6-4-8-13)5-3-7-10(11)14/h3,5,7H,2,4,6,8,14H2,1H3. The molecular formula is C12H16BrNO2. The molecule has 1 rings (SSSR count). The lowest BCUT2D eigenvalue weighted by molar-refractivity contribution is 0.0526. The van der Waals surface area contributed by atoms with E-state index in [1.165, 1.54) is 0 Å². The SMILES string of the molecule is CCOC(=O)c1c(N)cccc1CCCBr. The van der Waals surface area contributed by atoms with E-state index in [0.29, 0.717) is 17.9 Å². The van der Waals surface area contributed by atoms with Gasteiger partial charge in [0.25, 0.3) is 0 Å². The van der Waals surface area contributed by atoms with Crippen molar-refractivity contribution in [3.05, 3.63) is 29.3 Å². The van der Waals surface area contributed by atoms with E-state index in [9.17, 15) is 4.79 Å². The second-order valence-corrected chi connectivity index (χ2v) is 4.19. The Labute approximate surface area is 104 Å². The molecule has 2 N–H and O–H groups in total. The lowest BCUT2D eigenvalue weighted by atomic mass is 10.0. The molecule has 0 aromatic heterocycles. The molecule has 0 amide bonds. The summed E-state index contributed by atoms with van der Waals surface area (Å²) in [5.41, 5.74) is 7.78. The Balaban J connectivity index is 2.98. The van der Waals surface area contributed by atoms with Crippen LogP contribution >= 0.6 is 15.9 Å². The fourth-order valence-corrected chi connectivity index (χ4v) is 1.82. The van der Waals surface area contributed by atoms with Crippen molar-refractivity contribution in [2.75, 3.05) is 17.7 Å². The maximum atomic E-state index is 11.7. The first kappa shape index (κ1) is 13.0. The summed E-state index contributed by atoms with van der Waals surface area (Å²) in [5, 5.41) is 0.907. The molecule has 16 heavy (non-hydrogen) atoms. The van der Waals surface area contributed by atoms with Crippen molar-refractivity contribution < 1.29 is 9.53 Å². The minimum Gasteiger partial charge on any atom is -0.462 e. The van der Waals surface area contributed by atoms with E-state index in [4.69, 9.17) is 10.5 Å². The molecule has 0 bridgehead atoms. The van der Waals surface area contributed by atoms with Gasteiger partial charge in [0.05, 0.1) is 12.2 Å². The van der Waals surface area contributed by atoms with Crippen LogP contribution in [0.3, 0.4) is 0 Å². The predicted molar refractivity (Wildman–Crippen MR) is 68.9 cm³/mol. The Morgan fingerprint density at radius 2 is 2.25 bits per heavy atom. The topological polar surface area (TPSA) is 52.3 Å². The molecular weight excluding hydrogens is 270 g/mol. The third kappa shape index (κ3) is 3.23. The summed E-state index contributed by atoms with van der Waals surface area (Å²) < 4.78 is 5.00. The monoisotopic (exact) mass is 285 g/mol. The second-order valence-electron chi connectivity index (χ2n) is 3.39. The minimum atomic E-state index is -0.329. The van der Waals surface area contributed by atoms with Gasteiger partial charge < -0.3 is 10.5 Å². The van der Waals surface area contributed by atoms with Crippen LogP contribution in [0, 0.1) is 0 Å².